The van der Waals surface area contributed by atoms with Gasteiger partial charge in [0.05, 0.1) is 18.3 Å². The van der Waals surface area contributed by atoms with Gasteiger partial charge in [-0.15, -0.1) is 11.3 Å². The van der Waals surface area contributed by atoms with E-state index in [2.05, 4.69) is 39.9 Å². The molecular formula is C21H28N4O2S. The summed E-state index contributed by atoms with van der Waals surface area (Å²) in [6.07, 6.45) is 1.09. The average Bonchev–Trinajstić information content (AvgIpc) is 3.05. The van der Waals surface area contributed by atoms with Crippen LogP contribution in [0.25, 0.3) is 0 Å². The first-order chi connectivity index (χ1) is 13.5. The Kier molecular flexibility index (Phi) is 6.67. The van der Waals surface area contributed by atoms with E-state index in [1.54, 1.807) is 6.92 Å². The number of guanidine groups is 1. The van der Waals surface area contributed by atoms with Crippen molar-refractivity contribution in [3.05, 3.63) is 51.0 Å². The van der Waals surface area contributed by atoms with E-state index >= 15 is 0 Å². The third-order valence-electron chi connectivity index (χ3n) is 4.77. The lowest BCUT2D eigenvalue weighted by Crippen LogP contribution is -2.39. The summed E-state index contributed by atoms with van der Waals surface area (Å²) in [6, 6.07) is 8.50. The van der Waals surface area contributed by atoms with Crippen LogP contribution in [0.2, 0.25) is 0 Å². The van der Waals surface area contributed by atoms with Crippen molar-refractivity contribution in [2.24, 2.45) is 4.99 Å². The lowest BCUT2D eigenvalue weighted by Gasteiger charge is -2.29. The van der Waals surface area contributed by atoms with Gasteiger partial charge in [-0.25, -0.2) is 9.78 Å². The Labute approximate surface area is 170 Å². The molecule has 2 N–H and O–H groups in total. The molecule has 1 aromatic heterocycles. The molecule has 28 heavy (non-hydrogen) atoms. The van der Waals surface area contributed by atoms with E-state index < -0.39 is 0 Å². The van der Waals surface area contributed by atoms with Crippen molar-refractivity contribution in [1.82, 2.24) is 15.6 Å². The molecular weight excluding hydrogens is 372 g/mol. The van der Waals surface area contributed by atoms with Crippen LogP contribution in [0.5, 0.6) is 0 Å². The summed E-state index contributed by atoms with van der Waals surface area (Å²) in [5.41, 5.74) is 3.55. The number of esters is 1. The van der Waals surface area contributed by atoms with E-state index in [0.717, 1.165) is 30.5 Å². The molecule has 1 aliphatic carbocycles. The molecule has 3 rings (SSSR count). The number of nitrogens with one attached hydrogen (secondary N) is 2. The zero-order chi connectivity index (χ0) is 20.1. The fourth-order valence-electron chi connectivity index (χ4n) is 3.30. The van der Waals surface area contributed by atoms with Gasteiger partial charge in [0.1, 0.15) is 9.88 Å². The molecule has 1 aliphatic rings. The van der Waals surface area contributed by atoms with E-state index in [0.29, 0.717) is 23.1 Å². The Morgan fingerprint density at radius 2 is 2.18 bits per heavy atom. The molecule has 6 nitrogen and oxygen atoms in total. The number of thiazole rings is 1. The van der Waals surface area contributed by atoms with Gasteiger partial charge in [-0.3, -0.25) is 4.99 Å². The van der Waals surface area contributed by atoms with Crippen molar-refractivity contribution in [3.63, 3.8) is 0 Å². The lowest BCUT2D eigenvalue weighted by molar-refractivity contribution is 0.0531. The third kappa shape index (κ3) is 4.52. The maximum absolute atomic E-state index is 12.0. The number of ether oxygens (including phenoxy) is 1. The Hall–Kier alpha value is -2.41. The molecule has 0 saturated heterocycles. The van der Waals surface area contributed by atoms with Crippen molar-refractivity contribution >= 4 is 23.3 Å². The predicted octanol–water partition coefficient (Wildman–Crippen LogP) is 3.58. The molecule has 0 amide bonds. The molecule has 2 unspecified atom stereocenters. The van der Waals surface area contributed by atoms with Crippen LogP contribution in [-0.2, 0) is 11.2 Å². The number of nitrogens with zero attached hydrogens (tertiary/aromatic N) is 2. The Bertz CT molecular complexity index is 862. The minimum atomic E-state index is -0.305. The fourth-order valence-corrected chi connectivity index (χ4v) is 4.27. The van der Waals surface area contributed by atoms with Gasteiger partial charge < -0.3 is 15.4 Å². The van der Waals surface area contributed by atoms with Gasteiger partial charge in [0, 0.05) is 19.0 Å². The molecule has 150 valence electrons. The predicted molar refractivity (Wildman–Crippen MR) is 113 cm³/mol. The Balaban J connectivity index is 1.65. The number of benzene rings is 1. The summed E-state index contributed by atoms with van der Waals surface area (Å²) in [6.45, 7) is 9.62. The zero-order valence-electron chi connectivity index (χ0n) is 16.9. The lowest BCUT2D eigenvalue weighted by atomic mass is 9.78. The highest BCUT2D eigenvalue weighted by molar-refractivity contribution is 7.13. The monoisotopic (exact) mass is 400 g/mol. The first kappa shape index (κ1) is 20.3. The van der Waals surface area contributed by atoms with Crippen LogP contribution in [0.15, 0.2) is 29.3 Å². The second kappa shape index (κ2) is 9.19. The van der Waals surface area contributed by atoms with Gasteiger partial charge in [-0.2, -0.15) is 0 Å². The molecule has 0 spiro atoms. The van der Waals surface area contributed by atoms with Gasteiger partial charge >= 0.3 is 5.97 Å². The number of rotatable bonds is 7. The molecule has 0 radical (unpaired) electrons. The minimum Gasteiger partial charge on any atom is -0.462 e. The first-order valence-corrected chi connectivity index (χ1v) is 10.6. The molecule has 2 aromatic rings. The van der Waals surface area contributed by atoms with Gasteiger partial charge in [-0.1, -0.05) is 24.3 Å². The zero-order valence-corrected chi connectivity index (χ0v) is 17.7. The highest BCUT2D eigenvalue weighted by atomic mass is 32.1. The fraction of sp³-hybridized carbons (Fsp3) is 0.476. The number of carbonyl (C=O) groups is 1. The van der Waals surface area contributed by atoms with Crippen molar-refractivity contribution in [2.45, 2.75) is 46.1 Å². The smallest absolute Gasteiger partial charge is 0.350 e. The number of fused-ring (bicyclic) bond motifs is 1. The molecule has 2 atom stereocenters. The summed E-state index contributed by atoms with van der Waals surface area (Å²) >= 11 is 1.38. The van der Waals surface area contributed by atoms with Crippen molar-refractivity contribution in [2.75, 3.05) is 19.7 Å². The van der Waals surface area contributed by atoms with Gasteiger partial charge in [0.2, 0.25) is 0 Å². The second-order valence-electron chi connectivity index (χ2n) is 6.87. The summed E-state index contributed by atoms with van der Waals surface area (Å²) in [4.78, 5) is 21.9. The van der Waals surface area contributed by atoms with Crippen molar-refractivity contribution < 1.29 is 9.53 Å². The van der Waals surface area contributed by atoms with Gasteiger partial charge in [0.15, 0.2) is 5.96 Å². The van der Waals surface area contributed by atoms with Crippen LogP contribution in [0.1, 0.15) is 64.2 Å². The largest absolute Gasteiger partial charge is 0.462 e. The van der Waals surface area contributed by atoms with Crippen LogP contribution in [0.3, 0.4) is 0 Å². The summed E-state index contributed by atoms with van der Waals surface area (Å²) in [5, 5.41) is 7.55. The highest BCUT2D eigenvalue weighted by Gasteiger charge is 2.25. The van der Waals surface area contributed by atoms with Crippen LogP contribution in [0, 0.1) is 6.92 Å². The SMILES string of the molecule is CCNC(=NCC1Cc2ccccc21)NC(C)c1nc(C)c(C(=O)OCC)s1. The molecule has 1 aromatic carbocycles. The maximum atomic E-state index is 12.0. The number of hydrogen-bond acceptors (Lipinski definition) is 5. The molecule has 7 heteroatoms. The van der Waals surface area contributed by atoms with Crippen molar-refractivity contribution in [3.8, 4) is 0 Å². The topological polar surface area (TPSA) is 75.6 Å². The summed E-state index contributed by atoms with van der Waals surface area (Å²) < 4.78 is 5.11. The van der Waals surface area contributed by atoms with Gasteiger partial charge in [0.25, 0.3) is 0 Å². The van der Waals surface area contributed by atoms with E-state index in [-0.39, 0.29) is 12.0 Å². The Morgan fingerprint density at radius 1 is 1.39 bits per heavy atom. The summed E-state index contributed by atoms with van der Waals surface area (Å²) in [7, 11) is 0. The number of hydrogen-bond donors (Lipinski definition) is 2. The number of carbonyl (C=O) groups excluding carboxylic acids is 1. The average molecular weight is 401 g/mol. The number of aryl methyl sites for hydroxylation is 1. The van der Waals surface area contributed by atoms with Gasteiger partial charge in [-0.05, 0) is 45.2 Å². The summed E-state index contributed by atoms with van der Waals surface area (Å²) in [5.74, 6) is 0.949. The standard InChI is InChI=1S/C21H28N4O2S/c1-5-22-21(23-12-16-11-15-9-7-8-10-17(15)16)25-14(4)19-24-13(3)18(28-19)20(26)27-6-2/h7-10,14,16H,5-6,11-12H2,1-4H3,(H2,22,23,25). The first-order valence-electron chi connectivity index (χ1n) is 9.80. The van der Waals surface area contributed by atoms with Crippen LogP contribution in [0.4, 0.5) is 0 Å². The maximum Gasteiger partial charge on any atom is 0.350 e. The normalized spacial score (nSPS) is 16.7. The van der Waals surface area contributed by atoms with Crippen LogP contribution < -0.4 is 10.6 Å². The van der Waals surface area contributed by atoms with E-state index in [1.807, 2.05) is 20.8 Å². The number of aromatic nitrogens is 1. The van der Waals surface area contributed by atoms with E-state index in [4.69, 9.17) is 9.73 Å². The molecule has 0 bridgehead atoms. The van der Waals surface area contributed by atoms with E-state index in [9.17, 15) is 4.79 Å². The quantitative estimate of drug-likeness (QED) is 0.422. The van der Waals surface area contributed by atoms with Crippen LogP contribution in [-0.4, -0.2) is 36.6 Å². The second-order valence-corrected chi connectivity index (χ2v) is 7.90. The third-order valence-corrected chi connectivity index (χ3v) is 6.09. The van der Waals surface area contributed by atoms with Crippen molar-refractivity contribution in [1.29, 1.82) is 0 Å². The molecule has 0 saturated carbocycles. The van der Waals surface area contributed by atoms with E-state index in [1.165, 1.54) is 22.5 Å². The minimum absolute atomic E-state index is 0.0571. The molecule has 0 aliphatic heterocycles. The number of aliphatic imine (C=N–C) groups is 1. The molecule has 1 heterocycles. The van der Waals surface area contributed by atoms with Crippen LogP contribution >= 0.6 is 11.3 Å². The highest BCUT2D eigenvalue weighted by Crippen LogP contribution is 2.34. The molecule has 0 fully saturated rings. The Morgan fingerprint density at radius 3 is 2.89 bits per heavy atom.